The molecule has 0 spiro atoms. The molecule has 24 heavy (non-hydrogen) atoms. The van der Waals surface area contributed by atoms with Gasteiger partial charge in [-0.1, -0.05) is 0 Å². The van der Waals surface area contributed by atoms with Gasteiger partial charge in [0.05, 0.1) is 5.69 Å². The van der Waals surface area contributed by atoms with Gasteiger partial charge in [-0.25, -0.2) is 9.37 Å². The fourth-order valence-electron chi connectivity index (χ4n) is 2.07. The summed E-state index contributed by atoms with van der Waals surface area (Å²) in [6.07, 6.45) is 1.13. The molecule has 0 atom stereocenters. The van der Waals surface area contributed by atoms with Gasteiger partial charge >= 0.3 is 0 Å². The van der Waals surface area contributed by atoms with Gasteiger partial charge in [-0.2, -0.15) is 0 Å². The normalized spacial score (nSPS) is 10.5. The maximum absolute atomic E-state index is 14.2. The van der Waals surface area contributed by atoms with Crippen LogP contribution in [-0.2, 0) is 9.59 Å². The van der Waals surface area contributed by atoms with Crippen LogP contribution < -0.4 is 16.0 Å². The molecule has 1 aromatic heterocycles. The lowest BCUT2D eigenvalue weighted by molar-refractivity contribution is -0.116. The third-order valence-corrected chi connectivity index (χ3v) is 3.90. The standard InChI is InChI=1S/C16H19FN4O2S/c1-10(22)19-11-5-6-12(13(17)8-11)14-9-24-16(20-14)21-15(23)4-3-7-18-2/h5-6,8-9,18H,3-4,7H2,1-2H3,(H,19,22)(H,20,21,23). The second-order valence-corrected chi connectivity index (χ2v) is 6.03. The number of nitrogens with one attached hydrogen (secondary N) is 3. The number of rotatable bonds is 7. The van der Waals surface area contributed by atoms with Crippen molar-refractivity contribution in [1.82, 2.24) is 10.3 Å². The quantitative estimate of drug-likeness (QED) is 0.671. The highest BCUT2D eigenvalue weighted by molar-refractivity contribution is 7.14. The maximum atomic E-state index is 14.2. The zero-order chi connectivity index (χ0) is 17.5. The molecule has 0 saturated carbocycles. The second kappa shape index (κ2) is 8.51. The molecule has 0 aliphatic heterocycles. The summed E-state index contributed by atoms with van der Waals surface area (Å²) < 4.78 is 14.2. The van der Waals surface area contributed by atoms with E-state index < -0.39 is 5.82 Å². The summed E-state index contributed by atoms with van der Waals surface area (Å²) in [7, 11) is 1.83. The van der Waals surface area contributed by atoms with Crippen molar-refractivity contribution < 1.29 is 14.0 Å². The van der Waals surface area contributed by atoms with Crippen LogP contribution >= 0.6 is 11.3 Å². The van der Waals surface area contributed by atoms with Gasteiger partial charge in [0.2, 0.25) is 11.8 Å². The van der Waals surface area contributed by atoms with Gasteiger partial charge in [0.25, 0.3) is 0 Å². The van der Waals surface area contributed by atoms with Crippen molar-refractivity contribution >= 4 is 34.0 Å². The summed E-state index contributed by atoms with van der Waals surface area (Å²) in [6, 6.07) is 4.40. The molecule has 1 aromatic carbocycles. The largest absolute Gasteiger partial charge is 0.326 e. The first-order valence-electron chi connectivity index (χ1n) is 7.47. The van der Waals surface area contributed by atoms with E-state index in [2.05, 4.69) is 20.9 Å². The van der Waals surface area contributed by atoms with Crippen LogP contribution in [0.15, 0.2) is 23.6 Å². The van der Waals surface area contributed by atoms with E-state index in [1.807, 2.05) is 7.05 Å². The number of benzene rings is 1. The predicted molar refractivity (Wildman–Crippen MR) is 93.6 cm³/mol. The Morgan fingerprint density at radius 2 is 2.08 bits per heavy atom. The molecule has 6 nitrogen and oxygen atoms in total. The second-order valence-electron chi connectivity index (χ2n) is 5.17. The van der Waals surface area contributed by atoms with Crippen LogP contribution in [0.1, 0.15) is 19.8 Å². The molecular formula is C16H19FN4O2S. The highest BCUT2D eigenvalue weighted by Crippen LogP contribution is 2.28. The molecule has 1 heterocycles. The molecule has 0 radical (unpaired) electrons. The van der Waals surface area contributed by atoms with Gasteiger partial charge in [0, 0.05) is 30.0 Å². The van der Waals surface area contributed by atoms with E-state index in [4.69, 9.17) is 0 Å². The lowest BCUT2D eigenvalue weighted by Crippen LogP contribution is -2.15. The number of thiazole rings is 1. The highest BCUT2D eigenvalue weighted by Gasteiger charge is 2.12. The summed E-state index contributed by atoms with van der Waals surface area (Å²) in [5.74, 6) is -0.870. The number of carbonyl (C=O) groups is 2. The third-order valence-electron chi connectivity index (χ3n) is 3.15. The van der Waals surface area contributed by atoms with Crippen molar-refractivity contribution in [2.24, 2.45) is 0 Å². The summed E-state index contributed by atoms with van der Waals surface area (Å²) in [4.78, 5) is 27.0. The molecule has 2 aromatic rings. The molecule has 0 unspecified atom stereocenters. The Hall–Kier alpha value is -2.32. The molecule has 3 N–H and O–H groups in total. The van der Waals surface area contributed by atoms with Crippen LogP contribution in [0.3, 0.4) is 0 Å². The monoisotopic (exact) mass is 350 g/mol. The number of hydrogen-bond donors (Lipinski definition) is 3. The highest BCUT2D eigenvalue weighted by atomic mass is 32.1. The Labute approximate surface area is 143 Å². The van der Waals surface area contributed by atoms with Crippen molar-refractivity contribution in [3.63, 3.8) is 0 Å². The zero-order valence-electron chi connectivity index (χ0n) is 13.5. The van der Waals surface area contributed by atoms with Crippen LogP contribution in [0.2, 0.25) is 0 Å². The lowest BCUT2D eigenvalue weighted by atomic mass is 10.1. The van der Waals surface area contributed by atoms with Crippen molar-refractivity contribution in [1.29, 1.82) is 0 Å². The van der Waals surface area contributed by atoms with Crippen LogP contribution in [0.25, 0.3) is 11.3 Å². The molecule has 0 aliphatic carbocycles. The van der Waals surface area contributed by atoms with E-state index >= 15 is 0 Å². The first-order valence-corrected chi connectivity index (χ1v) is 8.35. The first-order chi connectivity index (χ1) is 11.5. The molecule has 0 saturated heterocycles. The van der Waals surface area contributed by atoms with Crippen LogP contribution in [0.5, 0.6) is 0 Å². The van der Waals surface area contributed by atoms with Gasteiger partial charge in [0.15, 0.2) is 5.13 Å². The van der Waals surface area contributed by atoms with E-state index in [1.165, 1.54) is 24.3 Å². The van der Waals surface area contributed by atoms with Crippen LogP contribution in [0, 0.1) is 5.82 Å². The SMILES string of the molecule is CNCCCC(=O)Nc1nc(-c2ccc(NC(C)=O)cc2F)cs1. The average Bonchev–Trinajstić information content (AvgIpc) is 2.95. The predicted octanol–water partition coefficient (Wildman–Crippen LogP) is 2.85. The van der Waals surface area contributed by atoms with Gasteiger partial charge in [-0.05, 0) is 38.2 Å². The third kappa shape index (κ3) is 5.10. The number of amides is 2. The van der Waals surface area contributed by atoms with Crippen molar-refractivity contribution in [3.05, 3.63) is 29.4 Å². The van der Waals surface area contributed by atoms with E-state index in [0.29, 0.717) is 28.5 Å². The number of hydrogen-bond acceptors (Lipinski definition) is 5. The zero-order valence-corrected chi connectivity index (χ0v) is 14.3. The summed E-state index contributed by atoms with van der Waals surface area (Å²) in [5.41, 5.74) is 1.14. The van der Waals surface area contributed by atoms with Gasteiger partial charge in [0.1, 0.15) is 5.82 Å². The van der Waals surface area contributed by atoms with E-state index in [-0.39, 0.29) is 11.8 Å². The Morgan fingerprint density at radius 1 is 1.29 bits per heavy atom. The van der Waals surface area contributed by atoms with Crippen LogP contribution in [-0.4, -0.2) is 30.4 Å². The molecule has 0 fully saturated rings. The molecule has 2 rings (SSSR count). The molecule has 0 bridgehead atoms. The Morgan fingerprint density at radius 3 is 2.75 bits per heavy atom. The summed E-state index contributed by atoms with van der Waals surface area (Å²) in [5, 5.41) is 10.3. The molecule has 2 amide bonds. The van der Waals surface area contributed by atoms with Gasteiger partial charge < -0.3 is 16.0 Å². The van der Waals surface area contributed by atoms with E-state index in [1.54, 1.807) is 17.5 Å². The molecule has 0 aliphatic rings. The topological polar surface area (TPSA) is 83.1 Å². The molecule has 8 heteroatoms. The minimum absolute atomic E-state index is 0.118. The molecule has 128 valence electrons. The number of nitrogens with zero attached hydrogens (tertiary/aromatic N) is 1. The average molecular weight is 350 g/mol. The number of anilines is 2. The Bertz CT molecular complexity index is 733. The first kappa shape index (κ1) is 18.0. The lowest BCUT2D eigenvalue weighted by Gasteiger charge is -2.05. The fraction of sp³-hybridized carbons (Fsp3) is 0.312. The molecular weight excluding hydrogens is 331 g/mol. The maximum Gasteiger partial charge on any atom is 0.226 e. The number of carbonyl (C=O) groups excluding carboxylic acids is 2. The number of aromatic nitrogens is 1. The smallest absolute Gasteiger partial charge is 0.226 e. The Kier molecular flexibility index (Phi) is 6.39. The minimum atomic E-state index is -0.488. The van der Waals surface area contributed by atoms with Gasteiger partial charge in [-0.15, -0.1) is 11.3 Å². The van der Waals surface area contributed by atoms with Crippen molar-refractivity contribution in [2.45, 2.75) is 19.8 Å². The summed E-state index contributed by atoms with van der Waals surface area (Å²) >= 11 is 1.24. The van der Waals surface area contributed by atoms with Crippen molar-refractivity contribution in [3.8, 4) is 11.3 Å². The van der Waals surface area contributed by atoms with Crippen molar-refractivity contribution in [2.75, 3.05) is 24.2 Å². The van der Waals surface area contributed by atoms with Crippen LogP contribution in [0.4, 0.5) is 15.2 Å². The summed E-state index contributed by atoms with van der Waals surface area (Å²) in [6.45, 7) is 2.13. The van der Waals surface area contributed by atoms with Gasteiger partial charge in [-0.3, -0.25) is 9.59 Å². The Balaban J connectivity index is 2.04. The van der Waals surface area contributed by atoms with E-state index in [0.717, 1.165) is 13.0 Å². The minimum Gasteiger partial charge on any atom is -0.326 e. The fourth-order valence-corrected chi connectivity index (χ4v) is 2.79. The van der Waals surface area contributed by atoms with E-state index in [9.17, 15) is 14.0 Å². The number of halogens is 1.